The molecule has 0 atom stereocenters. The van der Waals surface area contributed by atoms with Crippen LogP contribution in [0.3, 0.4) is 0 Å². The molecule has 0 unspecified atom stereocenters. The predicted octanol–water partition coefficient (Wildman–Crippen LogP) is 2.79. The Kier molecular flexibility index (Phi) is 2.74. The lowest BCUT2D eigenvalue weighted by molar-refractivity contribution is -0.385. The molecule has 0 N–H and O–H groups in total. The Balaban J connectivity index is 2.87. The van der Waals surface area contributed by atoms with Crippen molar-refractivity contribution in [2.75, 3.05) is 7.11 Å². The van der Waals surface area contributed by atoms with Gasteiger partial charge in [0.25, 0.3) is 0 Å². The van der Waals surface area contributed by atoms with E-state index < -0.39 is 4.92 Å². The van der Waals surface area contributed by atoms with Crippen LogP contribution in [0.4, 0.5) is 5.69 Å². The average molecular weight is 230 g/mol. The molecule has 0 bridgehead atoms. The van der Waals surface area contributed by atoms with E-state index in [2.05, 4.69) is 11.6 Å². The third-order valence-corrected chi connectivity index (χ3v) is 2.50. The van der Waals surface area contributed by atoms with Crippen molar-refractivity contribution in [2.45, 2.75) is 0 Å². The zero-order valence-corrected chi connectivity index (χ0v) is 9.21. The molecule has 1 aromatic heterocycles. The third kappa shape index (κ3) is 1.71. The van der Waals surface area contributed by atoms with E-state index in [-0.39, 0.29) is 11.4 Å². The number of ether oxygens (including phenoxy) is 1. The Bertz CT molecular complexity index is 608. The van der Waals surface area contributed by atoms with Gasteiger partial charge in [0, 0.05) is 17.6 Å². The summed E-state index contributed by atoms with van der Waals surface area (Å²) in [5.74, 6) is 0.177. The highest BCUT2D eigenvalue weighted by molar-refractivity contribution is 5.94. The molecule has 5 nitrogen and oxygen atoms in total. The first-order valence-electron chi connectivity index (χ1n) is 4.91. The molecular weight excluding hydrogens is 220 g/mol. The minimum Gasteiger partial charge on any atom is -0.489 e. The van der Waals surface area contributed by atoms with Gasteiger partial charge in [-0.25, -0.2) is 0 Å². The number of methoxy groups -OCH3 is 1. The zero-order chi connectivity index (χ0) is 12.4. The van der Waals surface area contributed by atoms with Crippen LogP contribution < -0.4 is 4.74 Å². The first kappa shape index (κ1) is 11.1. The number of aromatic nitrogens is 1. The van der Waals surface area contributed by atoms with Gasteiger partial charge in [-0.15, -0.1) is 0 Å². The van der Waals surface area contributed by atoms with Gasteiger partial charge in [0.05, 0.1) is 12.0 Å². The van der Waals surface area contributed by atoms with E-state index in [1.807, 2.05) is 0 Å². The van der Waals surface area contributed by atoms with Crippen molar-refractivity contribution >= 4 is 22.7 Å². The Morgan fingerprint density at radius 3 is 2.82 bits per heavy atom. The molecule has 0 saturated heterocycles. The molecule has 17 heavy (non-hydrogen) atoms. The van der Waals surface area contributed by atoms with Gasteiger partial charge in [-0.3, -0.25) is 15.1 Å². The first-order chi connectivity index (χ1) is 8.19. The normalized spacial score (nSPS) is 10.2. The summed E-state index contributed by atoms with van der Waals surface area (Å²) in [7, 11) is 1.39. The number of rotatable bonds is 3. The summed E-state index contributed by atoms with van der Waals surface area (Å²) < 4.78 is 5.08. The second-order valence-corrected chi connectivity index (χ2v) is 3.38. The standard InChI is InChI=1S/C12H10N2O3/c1-3-8-6-7-13-11-9(8)4-5-10(14(15)16)12(11)17-2/h3-7H,1H2,2H3. The zero-order valence-electron chi connectivity index (χ0n) is 9.21. The number of benzene rings is 1. The Morgan fingerprint density at radius 2 is 2.24 bits per heavy atom. The molecule has 0 saturated carbocycles. The van der Waals surface area contributed by atoms with Gasteiger partial charge in [-0.2, -0.15) is 0 Å². The molecule has 0 radical (unpaired) electrons. The van der Waals surface area contributed by atoms with Crippen LogP contribution in [-0.4, -0.2) is 17.0 Å². The molecule has 0 spiro atoms. The molecule has 1 heterocycles. The van der Waals surface area contributed by atoms with Crippen molar-refractivity contribution in [1.82, 2.24) is 4.98 Å². The summed E-state index contributed by atoms with van der Waals surface area (Å²) in [6.45, 7) is 3.69. The van der Waals surface area contributed by atoms with Gasteiger partial charge < -0.3 is 4.74 Å². The van der Waals surface area contributed by atoms with E-state index in [0.29, 0.717) is 5.52 Å². The van der Waals surface area contributed by atoms with Crippen molar-refractivity contribution in [3.63, 3.8) is 0 Å². The van der Waals surface area contributed by atoms with Gasteiger partial charge in [0.15, 0.2) is 0 Å². The molecular formula is C12H10N2O3. The van der Waals surface area contributed by atoms with Crippen LogP contribution in [0, 0.1) is 10.1 Å². The van der Waals surface area contributed by atoms with Gasteiger partial charge in [0.1, 0.15) is 5.52 Å². The Hall–Kier alpha value is -2.43. The Labute approximate surface area is 97.5 Å². The third-order valence-electron chi connectivity index (χ3n) is 2.50. The van der Waals surface area contributed by atoms with Crippen LogP contribution >= 0.6 is 0 Å². The molecule has 0 aliphatic heterocycles. The average Bonchev–Trinajstić information content (AvgIpc) is 2.36. The maximum Gasteiger partial charge on any atom is 0.313 e. The molecule has 0 aliphatic rings. The summed E-state index contributed by atoms with van der Waals surface area (Å²) >= 11 is 0. The van der Waals surface area contributed by atoms with Gasteiger partial charge in [-0.05, 0) is 17.7 Å². The van der Waals surface area contributed by atoms with Crippen molar-refractivity contribution in [3.05, 3.63) is 46.7 Å². The minimum absolute atomic E-state index is 0.0892. The van der Waals surface area contributed by atoms with Crippen LogP contribution in [-0.2, 0) is 0 Å². The SMILES string of the molecule is C=Cc1ccnc2c(OC)c([N+](=O)[O-])ccc12. The van der Waals surface area contributed by atoms with Gasteiger partial charge in [0.2, 0.25) is 5.75 Å². The fourth-order valence-electron chi connectivity index (χ4n) is 1.73. The molecule has 0 amide bonds. The van der Waals surface area contributed by atoms with Crippen LogP contribution in [0.2, 0.25) is 0 Å². The maximum absolute atomic E-state index is 10.9. The minimum atomic E-state index is -0.486. The van der Waals surface area contributed by atoms with Crippen molar-refractivity contribution in [3.8, 4) is 5.75 Å². The molecule has 0 fully saturated rings. The number of nitro groups is 1. The smallest absolute Gasteiger partial charge is 0.313 e. The maximum atomic E-state index is 10.9. The number of fused-ring (bicyclic) bond motifs is 1. The second-order valence-electron chi connectivity index (χ2n) is 3.38. The quantitative estimate of drug-likeness (QED) is 0.600. The first-order valence-corrected chi connectivity index (χ1v) is 4.91. The summed E-state index contributed by atoms with van der Waals surface area (Å²) in [4.78, 5) is 14.5. The van der Waals surface area contributed by atoms with E-state index in [0.717, 1.165) is 10.9 Å². The second kappa shape index (κ2) is 4.21. The molecule has 5 heteroatoms. The van der Waals surface area contributed by atoms with Crippen molar-refractivity contribution in [2.24, 2.45) is 0 Å². The highest BCUT2D eigenvalue weighted by atomic mass is 16.6. The fourth-order valence-corrected chi connectivity index (χ4v) is 1.73. The summed E-state index contributed by atoms with van der Waals surface area (Å²) in [6.07, 6.45) is 3.25. The highest BCUT2D eigenvalue weighted by Gasteiger charge is 2.19. The van der Waals surface area contributed by atoms with Gasteiger partial charge >= 0.3 is 5.69 Å². The molecule has 86 valence electrons. The predicted molar refractivity (Wildman–Crippen MR) is 65.0 cm³/mol. The van der Waals surface area contributed by atoms with Crippen LogP contribution in [0.1, 0.15) is 5.56 Å². The lowest BCUT2D eigenvalue weighted by atomic mass is 10.1. The van der Waals surface area contributed by atoms with Crippen molar-refractivity contribution < 1.29 is 9.66 Å². The fraction of sp³-hybridized carbons (Fsp3) is 0.0833. The number of nitrogens with zero attached hydrogens (tertiary/aromatic N) is 2. The summed E-state index contributed by atoms with van der Waals surface area (Å²) in [6, 6.07) is 4.86. The molecule has 1 aromatic carbocycles. The Morgan fingerprint density at radius 1 is 1.47 bits per heavy atom. The summed E-state index contributed by atoms with van der Waals surface area (Å²) in [5, 5.41) is 11.6. The largest absolute Gasteiger partial charge is 0.489 e. The lowest BCUT2D eigenvalue weighted by Gasteiger charge is -2.06. The van der Waals surface area contributed by atoms with E-state index in [1.165, 1.54) is 13.2 Å². The monoisotopic (exact) mass is 230 g/mol. The lowest BCUT2D eigenvalue weighted by Crippen LogP contribution is -1.96. The topological polar surface area (TPSA) is 65.3 Å². The molecule has 2 aromatic rings. The van der Waals surface area contributed by atoms with Crippen molar-refractivity contribution in [1.29, 1.82) is 0 Å². The van der Waals surface area contributed by atoms with Crippen LogP contribution in [0.25, 0.3) is 17.0 Å². The van der Waals surface area contributed by atoms with E-state index in [9.17, 15) is 10.1 Å². The number of nitro benzene ring substituents is 1. The van der Waals surface area contributed by atoms with Gasteiger partial charge in [-0.1, -0.05) is 12.7 Å². The number of pyridine rings is 1. The number of hydrogen-bond donors (Lipinski definition) is 0. The highest BCUT2D eigenvalue weighted by Crippen LogP contribution is 2.35. The van der Waals surface area contributed by atoms with Crippen LogP contribution in [0.15, 0.2) is 31.0 Å². The van der Waals surface area contributed by atoms with E-state index in [1.54, 1.807) is 24.4 Å². The van der Waals surface area contributed by atoms with Crippen LogP contribution in [0.5, 0.6) is 5.75 Å². The molecule has 0 aliphatic carbocycles. The summed E-state index contributed by atoms with van der Waals surface area (Å²) in [5.41, 5.74) is 1.25. The van der Waals surface area contributed by atoms with E-state index >= 15 is 0 Å². The van der Waals surface area contributed by atoms with E-state index in [4.69, 9.17) is 4.74 Å². The number of hydrogen-bond acceptors (Lipinski definition) is 4. The molecule has 2 rings (SSSR count).